The average Bonchev–Trinajstić information content (AvgIpc) is 3.07. The second kappa shape index (κ2) is 29.2. The van der Waals surface area contributed by atoms with Crippen molar-refractivity contribution in [3.8, 4) is 0 Å². The third kappa shape index (κ3) is 27.8. The Morgan fingerprint density at radius 3 is 0.550 bits per heavy atom. The van der Waals surface area contributed by atoms with Crippen LogP contribution in [-0.2, 0) is 32.9 Å². The van der Waals surface area contributed by atoms with E-state index >= 15 is 0 Å². The standard InChI is InChI=1S/C44H104O8Si8/c1-17-21-25-29-33-37-41-57(45-53(5,6)7)49-58(46-54(8,9)10,42-38-34-30-26-22-18-2)51-60(48-56(14,15)16,44-40-36-32-28-24-20-4)52-59(50-57,47-55(11,12)13)43-39-35-31-27-23-19-3/h17-44H2,1-16H3. The van der Waals surface area contributed by atoms with Gasteiger partial charge in [-0.25, -0.2) is 0 Å². The summed E-state index contributed by atoms with van der Waals surface area (Å²) in [5.41, 5.74) is 0. The van der Waals surface area contributed by atoms with Gasteiger partial charge in [-0.15, -0.1) is 0 Å². The van der Waals surface area contributed by atoms with Crippen molar-refractivity contribution in [2.45, 2.75) is 285 Å². The Morgan fingerprint density at radius 2 is 0.400 bits per heavy atom. The van der Waals surface area contributed by atoms with Crippen LogP contribution < -0.4 is 0 Å². The molecule has 8 nitrogen and oxygen atoms in total. The lowest BCUT2D eigenvalue weighted by Gasteiger charge is -2.54. The molecular weight excluding hydrogens is 881 g/mol. The molecule has 1 heterocycles. The van der Waals surface area contributed by atoms with E-state index in [-0.39, 0.29) is 0 Å². The van der Waals surface area contributed by atoms with Gasteiger partial charge >= 0.3 is 35.2 Å². The minimum atomic E-state index is -3.57. The highest BCUT2D eigenvalue weighted by Gasteiger charge is 2.69. The first-order valence-corrected chi connectivity index (χ1v) is 46.9. The van der Waals surface area contributed by atoms with Crippen LogP contribution in [0.4, 0.5) is 0 Å². The Morgan fingerprint density at radius 1 is 0.250 bits per heavy atom. The van der Waals surface area contributed by atoms with Gasteiger partial charge in [0.25, 0.3) is 0 Å². The van der Waals surface area contributed by atoms with Gasteiger partial charge in [-0.2, -0.15) is 0 Å². The molecule has 1 aliphatic heterocycles. The van der Waals surface area contributed by atoms with Gasteiger partial charge in [0.2, 0.25) is 0 Å². The van der Waals surface area contributed by atoms with Crippen LogP contribution in [0.2, 0.25) is 103 Å². The molecule has 1 rings (SSSR count). The molecular formula is C44H104O8Si8. The summed E-state index contributed by atoms with van der Waals surface area (Å²) in [5, 5.41) is 0. The third-order valence-electron chi connectivity index (χ3n) is 10.4. The van der Waals surface area contributed by atoms with Crippen LogP contribution in [0.25, 0.3) is 0 Å². The summed E-state index contributed by atoms with van der Waals surface area (Å²) < 4.78 is 62.6. The lowest BCUT2D eigenvalue weighted by molar-refractivity contribution is 0.0759. The third-order valence-corrected chi connectivity index (χ3v) is 39.0. The topological polar surface area (TPSA) is 73.8 Å². The van der Waals surface area contributed by atoms with Gasteiger partial charge in [0.1, 0.15) is 0 Å². The van der Waals surface area contributed by atoms with Crippen LogP contribution in [0.1, 0.15) is 182 Å². The minimum absolute atomic E-state index is 0.748. The van der Waals surface area contributed by atoms with Crippen LogP contribution in [0, 0.1) is 0 Å². The van der Waals surface area contributed by atoms with Gasteiger partial charge in [0.15, 0.2) is 33.3 Å². The quantitative estimate of drug-likeness (QED) is 0.0454. The second-order valence-corrected chi connectivity index (χ2v) is 53.0. The summed E-state index contributed by atoms with van der Waals surface area (Å²) in [6, 6.07) is 2.99. The lowest BCUT2D eigenvalue weighted by Crippen LogP contribution is -2.76. The predicted octanol–water partition coefficient (Wildman–Crippen LogP) is 16.7. The highest BCUT2D eigenvalue weighted by molar-refractivity contribution is 6.97. The van der Waals surface area contributed by atoms with E-state index in [4.69, 9.17) is 32.9 Å². The van der Waals surface area contributed by atoms with E-state index in [0.717, 1.165) is 75.5 Å². The Hall–Kier alpha value is 1.42. The molecule has 0 unspecified atom stereocenters. The average molecular weight is 986 g/mol. The number of hydrogen-bond donors (Lipinski definition) is 0. The SMILES string of the molecule is CCCCCCCC[Si]1(O[Si](C)(C)C)O[Si](CCCCCCCC)(O[Si](C)(C)C)O[Si](CCCCCCCC)(O[Si](C)(C)C)O[Si](CCCCCCCC)(O[Si](C)(C)C)O1. The molecule has 1 aliphatic rings. The molecule has 0 aliphatic carbocycles. The molecule has 360 valence electrons. The predicted molar refractivity (Wildman–Crippen MR) is 278 cm³/mol. The van der Waals surface area contributed by atoms with Crippen LogP contribution in [0.3, 0.4) is 0 Å². The van der Waals surface area contributed by atoms with Crippen molar-refractivity contribution in [1.29, 1.82) is 0 Å². The summed E-state index contributed by atoms with van der Waals surface area (Å²) >= 11 is 0. The number of rotatable bonds is 36. The van der Waals surface area contributed by atoms with Crippen molar-refractivity contribution >= 4 is 68.5 Å². The molecule has 0 aromatic rings. The molecule has 1 fully saturated rings. The minimum Gasteiger partial charge on any atom is -0.417 e. The first kappa shape index (κ1) is 59.4. The van der Waals surface area contributed by atoms with E-state index in [1.807, 2.05) is 0 Å². The van der Waals surface area contributed by atoms with E-state index < -0.39 is 68.5 Å². The fourth-order valence-corrected chi connectivity index (χ4v) is 44.8. The fourth-order valence-electron chi connectivity index (χ4n) is 8.16. The maximum absolute atomic E-state index is 8.05. The zero-order valence-corrected chi connectivity index (χ0v) is 51.1. The van der Waals surface area contributed by atoms with E-state index in [9.17, 15) is 0 Å². The van der Waals surface area contributed by atoms with Crippen molar-refractivity contribution in [3.63, 3.8) is 0 Å². The molecule has 0 N–H and O–H groups in total. The number of unbranched alkanes of at least 4 members (excludes halogenated alkanes) is 20. The monoisotopic (exact) mass is 985 g/mol. The van der Waals surface area contributed by atoms with E-state index in [2.05, 4.69) is 106 Å². The van der Waals surface area contributed by atoms with Gasteiger partial charge in [-0.05, 0) is 104 Å². The van der Waals surface area contributed by atoms with Crippen molar-refractivity contribution in [2.24, 2.45) is 0 Å². The molecule has 0 aromatic carbocycles. The molecule has 0 amide bonds. The van der Waals surface area contributed by atoms with Crippen molar-refractivity contribution < 1.29 is 32.9 Å². The summed E-state index contributed by atoms with van der Waals surface area (Å²) in [6.07, 6.45) is 28.5. The maximum Gasteiger partial charge on any atom is 0.475 e. The van der Waals surface area contributed by atoms with E-state index in [1.54, 1.807) is 0 Å². The molecule has 1 saturated heterocycles. The van der Waals surface area contributed by atoms with Gasteiger partial charge in [-0.1, -0.05) is 156 Å². The molecule has 16 heteroatoms. The molecule has 0 spiro atoms. The molecule has 0 aromatic heterocycles. The highest BCUT2D eigenvalue weighted by Crippen LogP contribution is 2.45. The highest BCUT2D eigenvalue weighted by atomic mass is 28.6. The maximum atomic E-state index is 8.05. The van der Waals surface area contributed by atoms with Crippen LogP contribution in [-0.4, -0.2) is 68.5 Å². The van der Waals surface area contributed by atoms with Crippen LogP contribution in [0.15, 0.2) is 0 Å². The molecule has 60 heavy (non-hydrogen) atoms. The first-order valence-electron chi connectivity index (χ1n) is 25.5. The molecule has 0 saturated carbocycles. The Balaban J connectivity index is 4.26. The molecule has 0 radical (unpaired) electrons. The van der Waals surface area contributed by atoms with Gasteiger partial charge < -0.3 is 32.9 Å². The van der Waals surface area contributed by atoms with Crippen molar-refractivity contribution in [2.75, 3.05) is 0 Å². The van der Waals surface area contributed by atoms with Gasteiger partial charge in [0, 0.05) is 24.2 Å². The van der Waals surface area contributed by atoms with E-state index in [1.165, 1.54) is 103 Å². The van der Waals surface area contributed by atoms with Crippen molar-refractivity contribution in [3.05, 3.63) is 0 Å². The fraction of sp³-hybridized carbons (Fsp3) is 1.00. The van der Waals surface area contributed by atoms with Gasteiger partial charge in [0.05, 0.1) is 0 Å². The smallest absolute Gasteiger partial charge is 0.417 e. The summed E-state index contributed by atoms with van der Waals surface area (Å²) in [6.45, 7) is 36.8. The lowest BCUT2D eigenvalue weighted by atomic mass is 10.1. The second-order valence-electron chi connectivity index (χ2n) is 22.1. The zero-order chi connectivity index (χ0) is 45.5. The van der Waals surface area contributed by atoms with Crippen LogP contribution in [0.5, 0.6) is 0 Å². The first-order chi connectivity index (χ1) is 27.9. The Bertz CT molecular complexity index is 918. The molecule has 0 bridgehead atoms. The summed E-state index contributed by atoms with van der Waals surface area (Å²) in [7, 11) is -23.3. The Kier molecular flexibility index (Phi) is 29.0. The van der Waals surface area contributed by atoms with Crippen LogP contribution >= 0.6 is 0 Å². The largest absolute Gasteiger partial charge is 0.475 e. The van der Waals surface area contributed by atoms with E-state index in [0.29, 0.717) is 0 Å². The normalized spacial score (nSPS) is 24.8. The van der Waals surface area contributed by atoms with Crippen molar-refractivity contribution in [1.82, 2.24) is 0 Å². The summed E-state index contributed by atoms with van der Waals surface area (Å²) in [4.78, 5) is 0. The zero-order valence-electron chi connectivity index (χ0n) is 43.1. The van der Waals surface area contributed by atoms with Gasteiger partial charge in [-0.3, -0.25) is 0 Å². The number of hydrogen-bond acceptors (Lipinski definition) is 8. The molecule has 0 atom stereocenters. The summed E-state index contributed by atoms with van der Waals surface area (Å²) in [5.74, 6) is 0. The Labute approximate surface area is 383 Å².